The van der Waals surface area contributed by atoms with E-state index in [-0.39, 0.29) is 6.54 Å². The van der Waals surface area contributed by atoms with Crippen molar-refractivity contribution in [3.05, 3.63) is 58.5 Å². The minimum absolute atomic E-state index is 0.254. The fourth-order valence-corrected chi connectivity index (χ4v) is 2.72. The quantitative estimate of drug-likeness (QED) is 0.491. The monoisotopic (exact) mass is 370 g/mol. The molecule has 140 valence electrons. The van der Waals surface area contributed by atoms with Crippen LogP contribution in [0.25, 0.3) is 28.2 Å². The minimum atomic E-state index is -0.841. The molecule has 0 aromatic carbocycles. The van der Waals surface area contributed by atoms with Crippen LogP contribution in [0.4, 0.5) is 4.39 Å². The van der Waals surface area contributed by atoms with Gasteiger partial charge >= 0.3 is 0 Å². The molecule has 0 atom stereocenters. The molecule has 3 N–H and O–H groups in total. The highest BCUT2D eigenvalue weighted by molar-refractivity contribution is 5.95. The number of halogens is 1. The third kappa shape index (κ3) is 4.12. The average Bonchev–Trinajstić information content (AvgIpc) is 3.05. The molecule has 0 aliphatic carbocycles. The molecular formula is C19H19FN4O3. The van der Waals surface area contributed by atoms with E-state index in [9.17, 15) is 14.0 Å². The number of nitrogens with two attached hydrogens (primary N) is 1. The Labute approximate surface area is 154 Å². The highest BCUT2D eigenvalue weighted by Crippen LogP contribution is 2.25. The highest BCUT2D eigenvalue weighted by atomic mass is 19.1. The van der Waals surface area contributed by atoms with E-state index in [2.05, 4.69) is 9.97 Å². The molecule has 0 unspecified atom stereocenters. The van der Waals surface area contributed by atoms with Crippen LogP contribution in [0, 0.1) is 5.82 Å². The zero-order valence-corrected chi connectivity index (χ0v) is 14.7. The lowest BCUT2D eigenvalue weighted by Gasteiger charge is -2.09. The molecular weight excluding hydrogens is 351 g/mol. The van der Waals surface area contributed by atoms with Gasteiger partial charge in [0.25, 0.3) is 5.56 Å². The molecule has 0 aliphatic rings. The molecule has 3 rings (SSSR count). The van der Waals surface area contributed by atoms with Crippen LogP contribution in [0.2, 0.25) is 0 Å². The Kier molecular flexibility index (Phi) is 5.46. The van der Waals surface area contributed by atoms with Gasteiger partial charge in [-0.25, -0.2) is 9.37 Å². The maximum Gasteiger partial charge on any atom is 0.286 e. The van der Waals surface area contributed by atoms with Gasteiger partial charge in [-0.2, -0.15) is 0 Å². The third-order valence-corrected chi connectivity index (χ3v) is 4.05. The Hall–Kier alpha value is -3.26. The number of aromatic nitrogens is 3. The van der Waals surface area contributed by atoms with Crippen LogP contribution in [-0.2, 0) is 16.1 Å². The first-order valence-electron chi connectivity index (χ1n) is 8.42. The number of fused-ring (bicyclic) bond motifs is 1. The summed E-state index contributed by atoms with van der Waals surface area (Å²) in [6.45, 7) is 2.94. The Morgan fingerprint density at radius 2 is 2.22 bits per heavy atom. The number of carbonyl (C=O) groups is 1. The summed E-state index contributed by atoms with van der Waals surface area (Å²) in [6.07, 6.45) is 7.70. The third-order valence-electron chi connectivity index (χ3n) is 4.05. The van der Waals surface area contributed by atoms with Crippen molar-refractivity contribution in [2.45, 2.75) is 13.5 Å². The number of aromatic amines is 1. The minimum Gasteiger partial charge on any atom is -0.380 e. The lowest BCUT2D eigenvalue weighted by atomic mass is 10.1. The Morgan fingerprint density at radius 3 is 2.96 bits per heavy atom. The van der Waals surface area contributed by atoms with Crippen molar-refractivity contribution in [2.75, 3.05) is 13.2 Å². The summed E-state index contributed by atoms with van der Waals surface area (Å²) in [5.74, 6) is -1.40. The first-order chi connectivity index (χ1) is 13.0. The van der Waals surface area contributed by atoms with E-state index in [1.54, 1.807) is 24.7 Å². The smallest absolute Gasteiger partial charge is 0.286 e. The van der Waals surface area contributed by atoms with Gasteiger partial charge in [0.2, 0.25) is 5.91 Å². The van der Waals surface area contributed by atoms with Gasteiger partial charge in [-0.1, -0.05) is 0 Å². The Bertz CT molecular complexity index is 1070. The first-order valence-corrected chi connectivity index (χ1v) is 8.42. The van der Waals surface area contributed by atoms with E-state index in [0.717, 1.165) is 10.9 Å². The number of nitrogens with one attached hydrogen (secondary N) is 1. The van der Waals surface area contributed by atoms with E-state index in [1.165, 1.54) is 16.7 Å². The molecule has 0 radical (unpaired) electrons. The summed E-state index contributed by atoms with van der Waals surface area (Å²) >= 11 is 0. The molecule has 27 heavy (non-hydrogen) atoms. The number of nitrogens with zero attached hydrogens (tertiary/aromatic N) is 2. The Morgan fingerprint density at radius 1 is 1.41 bits per heavy atom. The molecule has 3 aromatic heterocycles. The summed E-state index contributed by atoms with van der Waals surface area (Å²) in [5, 5.41) is 0.748. The molecule has 0 aliphatic heterocycles. The van der Waals surface area contributed by atoms with Crippen molar-refractivity contribution in [2.24, 2.45) is 5.73 Å². The van der Waals surface area contributed by atoms with Crippen molar-refractivity contribution >= 4 is 23.0 Å². The second-order valence-electron chi connectivity index (χ2n) is 5.87. The maximum atomic E-state index is 14.1. The maximum absolute atomic E-state index is 14.1. The van der Waals surface area contributed by atoms with Crippen molar-refractivity contribution in [3.8, 4) is 11.1 Å². The predicted molar refractivity (Wildman–Crippen MR) is 100 cm³/mol. The van der Waals surface area contributed by atoms with Gasteiger partial charge in [0, 0.05) is 59.9 Å². The van der Waals surface area contributed by atoms with Gasteiger partial charge in [0.1, 0.15) is 5.65 Å². The normalized spacial score (nSPS) is 11.5. The largest absolute Gasteiger partial charge is 0.380 e. The molecule has 0 fully saturated rings. The molecule has 0 saturated carbocycles. The van der Waals surface area contributed by atoms with Crippen LogP contribution >= 0.6 is 0 Å². The van der Waals surface area contributed by atoms with Gasteiger partial charge in [-0.05, 0) is 25.1 Å². The zero-order chi connectivity index (χ0) is 19.4. The van der Waals surface area contributed by atoms with Crippen molar-refractivity contribution in [1.29, 1.82) is 0 Å². The van der Waals surface area contributed by atoms with E-state index in [0.29, 0.717) is 30.0 Å². The van der Waals surface area contributed by atoms with Crippen LogP contribution in [0.5, 0.6) is 0 Å². The summed E-state index contributed by atoms with van der Waals surface area (Å²) in [5.41, 5.74) is 6.94. The molecule has 1 amide bonds. The SMILES string of the molecule is CCOCCn1cc(-c2cnc3[nH]cc(/C=C/C(N)=O)c3c2)cc(F)c1=O. The lowest BCUT2D eigenvalue weighted by molar-refractivity contribution is -0.113. The number of amides is 1. The number of primary amides is 1. The number of pyridine rings is 2. The van der Waals surface area contributed by atoms with E-state index in [4.69, 9.17) is 10.5 Å². The topological polar surface area (TPSA) is 103 Å². The number of H-pyrrole nitrogens is 1. The zero-order valence-electron chi connectivity index (χ0n) is 14.7. The van der Waals surface area contributed by atoms with Crippen LogP contribution in [0.1, 0.15) is 12.5 Å². The predicted octanol–water partition coefficient (Wildman–Crippen LogP) is 2.07. The van der Waals surface area contributed by atoms with Crippen LogP contribution in [-0.4, -0.2) is 33.7 Å². The lowest BCUT2D eigenvalue weighted by Crippen LogP contribution is -2.24. The van der Waals surface area contributed by atoms with Crippen molar-refractivity contribution in [3.63, 3.8) is 0 Å². The van der Waals surface area contributed by atoms with Crippen molar-refractivity contribution < 1.29 is 13.9 Å². The summed E-state index contributed by atoms with van der Waals surface area (Å²) in [4.78, 5) is 30.3. The molecule has 0 bridgehead atoms. The van der Waals surface area contributed by atoms with E-state index in [1.807, 2.05) is 13.0 Å². The van der Waals surface area contributed by atoms with Crippen molar-refractivity contribution in [1.82, 2.24) is 14.5 Å². The first kappa shape index (κ1) is 18.5. The number of rotatable bonds is 7. The number of hydrogen-bond donors (Lipinski definition) is 2. The molecule has 8 heteroatoms. The summed E-state index contributed by atoms with van der Waals surface area (Å²) in [7, 11) is 0. The number of hydrogen-bond acceptors (Lipinski definition) is 4. The fraction of sp³-hybridized carbons (Fsp3) is 0.211. The number of carbonyl (C=O) groups excluding carboxylic acids is 1. The van der Waals surface area contributed by atoms with Gasteiger partial charge in [-0.3, -0.25) is 9.59 Å². The second-order valence-corrected chi connectivity index (χ2v) is 5.87. The van der Waals surface area contributed by atoms with E-state index < -0.39 is 17.3 Å². The fourth-order valence-electron chi connectivity index (χ4n) is 2.72. The average molecular weight is 370 g/mol. The van der Waals surface area contributed by atoms with Gasteiger partial charge in [0.15, 0.2) is 5.82 Å². The molecule has 0 spiro atoms. The van der Waals surface area contributed by atoms with Gasteiger partial charge < -0.3 is 20.0 Å². The van der Waals surface area contributed by atoms with Crippen LogP contribution in [0.15, 0.2) is 41.6 Å². The van der Waals surface area contributed by atoms with Gasteiger partial charge in [-0.15, -0.1) is 0 Å². The molecule has 7 nitrogen and oxygen atoms in total. The van der Waals surface area contributed by atoms with Crippen LogP contribution in [0.3, 0.4) is 0 Å². The molecule has 0 saturated heterocycles. The standard InChI is InChI=1S/C19H19FN4O3/c1-2-27-6-5-24-11-14(8-16(20)19(24)26)13-7-15-12(3-4-17(21)25)9-22-18(15)23-10-13/h3-4,7-11H,2,5-6H2,1H3,(H2,21,25)(H,22,23)/b4-3+. The Balaban J connectivity index is 2.02. The summed E-state index contributed by atoms with van der Waals surface area (Å²) < 4.78 is 20.6. The second kappa shape index (κ2) is 7.96. The highest BCUT2D eigenvalue weighted by Gasteiger charge is 2.11. The molecule has 3 heterocycles. The van der Waals surface area contributed by atoms with Gasteiger partial charge in [0.05, 0.1) is 6.61 Å². The number of ether oxygens (including phenoxy) is 1. The van der Waals surface area contributed by atoms with Crippen LogP contribution < -0.4 is 11.3 Å². The molecule has 3 aromatic rings. The summed E-state index contributed by atoms with van der Waals surface area (Å²) in [6, 6.07) is 3.00. The van der Waals surface area contributed by atoms with E-state index >= 15 is 0 Å².